The first-order valence-corrected chi connectivity index (χ1v) is 27.8. The van der Waals surface area contributed by atoms with Crippen molar-refractivity contribution in [2.75, 3.05) is 33.5 Å². The van der Waals surface area contributed by atoms with Crippen LogP contribution in [-0.4, -0.2) is 89.7 Å². The number of ether oxygens (including phenoxy) is 4. The fourth-order valence-electron chi connectivity index (χ4n) is 6.76. The van der Waals surface area contributed by atoms with Crippen LogP contribution in [0.4, 0.5) is 0 Å². The Hall–Kier alpha value is -1.18. The van der Waals surface area contributed by atoms with Gasteiger partial charge in [-0.05, 0) is 63.1 Å². The maximum Gasteiger partial charge on any atom is 0.475 e. The van der Waals surface area contributed by atoms with Gasteiger partial charge in [0.1, 0.15) is 18.3 Å². The summed E-state index contributed by atoms with van der Waals surface area (Å²) >= 11 is 0. The van der Waals surface area contributed by atoms with Gasteiger partial charge in [0, 0.05) is 20.1 Å². The van der Waals surface area contributed by atoms with Crippen LogP contribution < -0.4 is 0 Å². The van der Waals surface area contributed by atoms with E-state index in [1.165, 1.54) is 82.8 Å². The van der Waals surface area contributed by atoms with E-state index in [2.05, 4.69) is 73.0 Å². The van der Waals surface area contributed by atoms with Gasteiger partial charge in [-0.3, -0.25) is 18.4 Å². The van der Waals surface area contributed by atoms with Gasteiger partial charge < -0.3 is 28.5 Å². The second-order valence-corrected chi connectivity index (χ2v) is 24.2. The van der Waals surface area contributed by atoms with Crippen molar-refractivity contribution in [3.8, 4) is 0 Å². The number of unbranched alkanes of at least 4 members (excludes halogenated alkanes) is 15. The molecule has 6 atom stereocenters. The van der Waals surface area contributed by atoms with E-state index >= 15 is 0 Å². The van der Waals surface area contributed by atoms with E-state index in [1.807, 2.05) is 0 Å². The highest BCUT2D eigenvalue weighted by atomic mass is 31.2. The number of aliphatic hydroxyl groups excluding tert-OH is 1. The van der Waals surface area contributed by atoms with Crippen LogP contribution in [0.1, 0.15) is 169 Å². The molecular formula is C47H89O11PSi. The van der Waals surface area contributed by atoms with Crippen LogP contribution in [0.5, 0.6) is 0 Å². The Morgan fingerprint density at radius 1 is 0.783 bits per heavy atom. The molecule has 1 aliphatic heterocycles. The van der Waals surface area contributed by atoms with Crippen LogP contribution >= 0.6 is 7.82 Å². The number of phosphoric ester groups is 1. The van der Waals surface area contributed by atoms with Crippen LogP contribution in [0.15, 0.2) is 37.5 Å². The number of aliphatic hydroxyl groups is 1. The third-order valence-electron chi connectivity index (χ3n) is 11.6. The molecule has 11 nitrogen and oxygen atoms in total. The van der Waals surface area contributed by atoms with Crippen molar-refractivity contribution in [2.24, 2.45) is 0 Å². The van der Waals surface area contributed by atoms with E-state index in [1.54, 1.807) is 7.11 Å². The van der Waals surface area contributed by atoms with Gasteiger partial charge in [0.2, 0.25) is 0 Å². The summed E-state index contributed by atoms with van der Waals surface area (Å²) in [6.07, 6.45) is 23.6. The third-order valence-corrected chi connectivity index (χ3v) is 17.5. The van der Waals surface area contributed by atoms with Crippen LogP contribution in [0, 0.1) is 0 Å². The molecule has 1 N–H and O–H groups in total. The summed E-state index contributed by atoms with van der Waals surface area (Å²) in [5.74, 6) is -0.483. The van der Waals surface area contributed by atoms with Crippen LogP contribution in [0.3, 0.4) is 0 Å². The molecule has 13 heteroatoms. The van der Waals surface area contributed by atoms with E-state index in [-0.39, 0.29) is 44.0 Å². The van der Waals surface area contributed by atoms with Crippen LogP contribution in [-0.2, 0) is 46.3 Å². The fraction of sp³-hybridized carbons (Fsp3) is 0.851. The summed E-state index contributed by atoms with van der Waals surface area (Å²) in [5.41, 5.74) is 0. The molecule has 60 heavy (non-hydrogen) atoms. The van der Waals surface area contributed by atoms with Gasteiger partial charge in [0.05, 0.1) is 25.9 Å². The van der Waals surface area contributed by atoms with Crippen molar-refractivity contribution >= 4 is 22.1 Å². The van der Waals surface area contributed by atoms with E-state index in [0.717, 1.165) is 44.9 Å². The molecule has 1 saturated heterocycles. The molecule has 0 amide bonds. The van der Waals surface area contributed by atoms with E-state index in [9.17, 15) is 14.5 Å². The Kier molecular flexibility index (Phi) is 31.6. The number of methoxy groups -OCH3 is 1. The molecule has 0 aromatic heterocycles. The lowest BCUT2D eigenvalue weighted by Gasteiger charge is -2.45. The Morgan fingerprint density at radius 2 is 1.32 bits per heavy atom. The molecule has 1 fully saturated rings. The van der Waals surface area contributed by atoms with Gasteiger partial charge in [-0.1, -0.05) is 142 Å². The minimum absolute atomic E-state index is 0.00402. The van der Waals surface area contributed by atoms with Crippen molar-refractivity contribution in [1.82, 2.24) is 0 Å². The van der Waals surface area contributed by atoms with Gasteiger partial charge in [-0.25, -0.2) is 4.57 Å². The highest BCUT2D eigenvalue weighted by molar-refractivity contribution is 7.48. The molecule has 0 aromatic carbocycles. The molecular weight excluding hydrogens is 800 g/mol. The lowest BCUT2D eigenvalue weighted by molar-refractivity contribution is -0.295. The predicted molar refractivity (Wildman–Crippen MR) is 247 cm³/mol. The summed E-state index contributed by atoms with van der Waals surface area (Å²) in [6, 6.07) is 0. The monoisotopic (exact) mass is 889 g/mol. The first kappa shape index (κ1) is 56.8. The van der Waals surface area contributed by atoms with Gasteiger partial charge >= 0.3 is 13.8 Å². The topological polar surface area (TPSA) is 128 Å². The number of carbonyl (C=O) groups is 1. The van der Waals surface area contributed by atoms with Gasteiger partial charge in [-0.15, -0.1) is 13.2 Å². The first-order valence-electron chi connectivity index (χ1n) is 23.4. The number of hydrogen-bond acceptors (Lipinski definition) is 11. The van der Waals surface area contributed by atoms with Gasteiger partial charge in [0.25, 0.3) is 0 Å². The standard InChI is InChI=1S/C47H89O11PSi/c1-11-15-17-19-20-21-22-23-24-25-26-27-28-30-32-34-42(48)57-45-44(52-38-35-40(51-8)33-31-29-18-16-12-2)43(58-59(50,53-36-13-3)54-37-14-4)41(56-46(45)49)39-55-60(9,10)47(5,6)7/h13-14,21-22,40-41,43-46,49H,3-4,11-12,15-20,23-39H2,1-2,5-10H3/b22-21-/t40-,41-,43-,44+,45-,46+/m1/s1. The molecule has 0 aromatic rings. The highest BCUT2D eigenvalue weighted by Gasteiger charge is 2.53. The first-order chi connectivity index (χ1) is 28.7. The Balaban J connectivity index is 3.12. The van der Waals surface area contributed by atoms with Crippen molar-refractivity contribution in [3.05, 3.63) is 37.5 Å². The average Bonchev–Trinajstić information content (AvgIpc) is 3.20. The summed E-state index contributed by atoms with van der Waals surface area (Å²) in [4.78, 5) is 13.4. The molecule has 1 rings (SSSR count). The molecule has 1 heterocycles. The quantitative estimate of drug-likeness (QED) is 0.0209. The highest BCUT2D eigenvalue weighted by Crippen LogP contribution is 2.53. The number of carbonyl (C=O) groups excluding carboxylic acids is 1. The zero-order valence-electron chi connectivity index (χ0n) is 39.3. The summed E-state index contributed by atoms with van der Waals surface area (Å²) in [5, 5.41) is 11.4. The summed E-state index contributed by atoms with van der Waals surface area (Å²) in [6.45, 7) is 22.3. The second-order valence-electron chi connectivity index (χ2n) is 17.8. The van der Waals surface area contributed by atoms with Crippen LogP contribution in [0.2, 0.25) is 18.1 Å². The predicted octanol–water partition coefficient (Wildman–Crippen LogP) is 12.7. The minimum atomic E-state index is -4.30. The number of allylic oxidation sites excluding steroid dienone is 2. The Labute approximate surface area is 367 Å². The molecule has 0 spiro atoms. The van der Waals surface area contributed by atoms with E-state index < -0.39 is 52.8 Å². The van der Waals surface area contributed by atoms with E-state index in [4.69, 9.17) is 36.9 Å². The van der Waals surface area contributed by atoms with Gasteiger partial charge in [0.15, 0.2) is 20.7 Å². The number of phosphoric acid groups is 1. The van der Waals surface area contributed by atoms with Crippen LogP contribution in [0.25, 0.3) is 0 Å². The molecule has 0 unspecified atom stereocenters. The Bertz CT molecular complexity index is 1180. The molecule has 0 saturated carbocycles. The molecule has 0 bridgehead atoms. The maximum absolute atomic E-state index is 14.2. The molecule has 1 aliphatic rings. The average molecular weight is 889 g/mol. The number of esters is 1. The normalized spacial score (nSPS) is 20.7. The maximum atomic E-state index is 14.2. The van der Waals surface area contributed by atoms with Crippen molar-refractivity contribution in [2.45, 2.75) is 224 Å². The summed E-state index contributed by atoms with van der Waals surface area (Å²) in [7, 11) is -4.94. The number of rotatable bonds is 38. The lowest BCUT2D eigenvalue weighted by atomic mass is 9.98. The minimum Gasteiger partial charge on any atom is -0.454 e. The molecule has 352 valence electrons. The van der Waals surface area contributed by atoms with Crippen molar-refractivity contribution < 1.29 is 51.4 Å². The SMILES string of the molecule is C=CCOP(=O)(OCC=C)O[C@H]1[C@H](OCC[C@@H](CCCCCCC)OC)[C@@H](OC(=O)CCCCCCCCC/C=C\CCCCCC)[C@@H](O)O[C@@H]1CO[Si](C)(C)C(C)(C)C. The van der Waals surface area contributed by atoms with E-state index in [0.29, 0.717) is 12.8 Å². The molecule has 0 aliphatic carbocycles. The second kappa shape index (κ2) is 33.3. The smallest absolute Gasteiger partial charge is 0.454 e. The zero-order valence-corrected chi connectivity index (χ0v) is 41.2. The third kappa shape index (κ3) is 24.6. The Morgan fingerprint density at radius 3 is 1.87 bits per heavy atom. The van der Waals surface area contributed by atoms with Crippen molar-refractivity contribution in [1.29, 1.82) is 0 Å². The largest absolute Gasteiger partial charge is 0.475 e. The fourth-order valence-corrected chi connectivity index (χ4v) is 9.10. The lowest BCUT2D eigenvalue weighted by Crippen LogP contribution is -2.62. The molecule has 0 radical (unpaired) electrons. The zero-order chi connectivity index (χ0) is 44.7. The van der Waals surface area contributed by atoms with Crippen molar-refractivity contribution in [3.63, 3.8) is 0 Å². The summed E-state index contributed by atoms with van der Waals surface area (Å²) < 4.78 is 62.6. The van der Waals surface area contributed by atoms with Gasteiger partial charge in [-0.2, -0.15) is 0 Å². The number of hydrogen-bond donors (Lipinski definition) is 1.